The molecule has 1 N–H and O–H groups in total. The van der Waals surface area contributed by atoms with E-state index in [4.69, 9.17) is 4.74 Å². The van der Waals surface area contributed by atoms with Crippen LogP contribution in [0.3, 0.4) is 0 Å². The number of thioether (sulfide) groups is 1. The van der Waals surface area contributed by atoms with E-state index in [2.05, 4.69) is 27.8 Å². The number of halogens is 1. The minimum Gasteiger partial charge on any atom is -0.489 e. The maximum absolute atomic E-state index is 12.8. The number of nitrogens with zero attached hydrogens (tertiary/aromatic N) is 1. The Morgan fingerprint density at radius 1 is 1.23 bits per heavy atom. The van der Waals surface area contributed by atoms with Crippen LogP contribution in [-0.4, -0.2) is 35.1 Å². The topological polar surface area (TPSA) is 75.7 Å². The van der Waals surface area contributed by atoms with E-state index in [1.165, 1.54) is 0 Å². The molecule has 1 aliphatic rings. The van der Waals surface area contributed by atoms with E-state index in [1.807, 2.05) is 38.1 Å². The average molecular weight is 501 g/mol. The Kier molecular flexibility index (Phi) is 7.35. The predicted molar refractivity (Wildman–Crippen MR) is 127 cm³/mol. The van der Waals surface area contributed by atoms with Gasteiger partial charge in [0.05, 0.1) is 4.91 Å². The fourth-order valence-electron chi connectivity index (χ4n) is 3.02. The maximum Gasteiger partial charge on any atom is 0.294 e. The highest BCUT2D eigenvalue weighted by Gasteiger charge is 2.36. The third-order valence-corrected chi connectivity index (χ3v) is 5.94. The van der Waals surface area contributed by atoms with Gasteiger partial charge in [-0.2, -0.15) is 0 Å². The number of imide groups is 1. The Hall–Kier alpha value is -2.84. The summed E-state index contributed by atoms with van der Waals surface area (Å²) >= 11 is 4.20. The van der Waals surface area contributed by atoms with Gasteiger partial charge in [-0.3, -0.25) is 19.3 Å². The molecule has 0 saturated carbocycles. The predicted octanol–water partition coefficient (Wildman–Crippen LogP) is 5.31. The zero-order valence-corrected chi connectivity index (χ0v) is 19.5. The average Bonchev–Trinajstić information content (AvgIpc) is 2.97. The second kappa shape index (κ2) is 9.98. The van der Waals surface area contributed by atoms with Gasteiger partial charge in [0.1, 0.15) is 18.9 Å². The van der Waals surface area contributed by atoms with E-state index in [0.29, 0.717) is 23.6 Å². The van der Waals surface area contributed by atoms with Crippen molar-refractivity contribution in [2.24, 2.45) is 0 Å². The molecule has 0 radical (unpaired) electrons. The van der Waals surface area contributed by atoms with Crippen molar-refractivity contribution >= 4 is 56.5 Å². The van der Waals surface area contributed by atoms with Crippen molar-refractivity contribution in [1.82, 2.24) is 4.90 Å². The third-order valence-electron chi connectivity index (χ3n) is 4.54. The summed E-state index contributed by atoms with van der Waals surface area (Å²) in [6, 6.07) is 11.0. The zero-order chi connectivity index (χ0) is 22.5. The van der Waals surface area contributed by atoms with Gasteiger partial charge in [0.25, 0.3) is 11.1 Å². The van der Waals surface area contributed by atoms with Crippen molar-refractivity contribution in [3.05, 3.63) is 75.1 Å². The zero-order valence-electron chi connectivity index (χ0n) is 17.1. The molecule has 1 aliphatic heterocycles. The molecule has 0 aliphatic carbocycles. The summed E-state index contributed by atoms with van der Waals surface area (Å²) < 4.78 is 6.43. The molecule has 0 bridgehead atoms. The lowest BCUT2D eigenvalue weighted by molar-refractivity contribution is -0.127. The Labute approximate surface area is 193 Å². The number of anilines is 1. The Balaban J connectivity index is 1.77. The standard InChI is InChI=1S/C23H21BrN2O4S/c1-4-10-30-18-9-8-17(24)11-16(18)12-19-22(28)26(23(29)31-19)13-20(27)25-21-14(2)6-5-7-15(21)3/h4-9,11-12H,1,10,13H2,2-3H3,(H,25,27)/b19-12+. The van der Waals surface area contributed by atoms with Gasteiger partial charge in [-0.25, -0.2) is 0 Å². The molecular formula is C23H21BrN2O4S. The largest absolute Gasteiger partial charge is 0.489 e. The van der Waals surface area contributed by atoms with E-state index in [0.717, 1.165) is 32.3 Å². The third kappa shape index (κ3) is 5.45. The fourth-order valence-corrected chi connectivity index (χ4v) is 4.23. The quantitative estimate of drug-likeness (QED) is 0.412. The van der Waals surface area contributed by atoms with E-state index in [-0.39, 0.29) is 11.4 Å². The molecule has 3 rings (SSSR count). The van der Waals surface area contributed by atoms with Gasteiger partial charge in [0.2, 0.25) is 5.91 Å². The second-order valence-electron chi connectivity index (χ2n) is 6.86. The second-order valence-corrected chi connectivity index (χ2v) is 8.77. The van der Waals surface area contributed by atoms with Crippen LogP contribution in [0.15, 0.2) is 58.4 Å². The first kappa shape index (κ1) is 22.8. The van der Waals surface area contributed by atoms with Gasteiger partial charge >= 0.3 is 0 Å². The highest BCUT2D eigenvalue weighted by molar-refractivity contribution is 9.10. The van der Waals surface area contributed by atoms with Crippen molar-refractivity contribution in [3.8, 4) is 5.75 Å². The number of carbonyl (C=O) groups is 3. The molecule has 3 amide bonds. The van der Waals surface area contributed by atoms with Gasteiger partial charge in [-0.1, -0.05) is 46.8 Å². The van der Waals surface area contributed by atoms with Crippen LogP contribution in [-0.2, 0) is 9.59 Å². The van der Waals surface area contributed by atoms with Crippen LogP contribution in [0.5, 0.6) is 5.75 Å². The lowest BCUT2D eigenvalue weighted by Crippen LogP contribution is -2.36. The normalized spacial score (nSPS) is 14.8. The smallest absolute Gasteiger partial charge is 0.294 e. The van der Waals surface area contributed by atoms with Crippen molar-refractivity contribution in [2.45, 2.75) is 13.8 Å². The number of benzene rings is 2. The first-order valence-electron chi connectivity index (χ1n) is 9.45. The Bertz CT molecular complexity index is 1080. The summed E-state index contributed by atoms with van der Waals surface area (Å²) in [6.45, 7) is 7.35. The van der Waals surface area contributed by atoms with Crippen molar-refractivity contribution in [1.29, 1.82) is 0 Å². The maximum atomic E-state index is 12.8. The van der Waals surface area contributed by atoms with Crippen molar-refractivity contribution in [2.75, 3.05) is 18.5 Å². The van der Waals surface area contributed by atoms with Gasteiger partial charge in [-0.15, -0.1) is 0 Å². The summed E-state index contributed by atoms with van der Waals surface area (Å²) in [5, 5.41) is 2.31. The lowest BCUT2D eigenvalue weighted by atomic mass is 10.1. The van der Waals surface area contributed by atoms with Gasteiger partial charge in [-0.05, 0) is 61.0 Å². The van der Waals surface area contributed by atoms with Crippen LogP contribution in [0.1, 0.15) is 16.7 Å². The van der Waals surface area contributed by atoms with Crippen LogP contribution in [0, 0.1) is 13.8 Å². The fraction of sp³-hybridized carbons (Fsp3) is 0.174. The number of aryl methyl sites for hydroxylation is 2. The summed E-state index contributed by atoms with van der Waals surface area (Å²) in [6.07, 6.45) is 3.21. The number of nitrogens with one attached hydrogen (secondary N) is 1. The molecule has 0 atom stereocenters. The van der Waals surface area contributed by atoms with Gasteiger partial charge in [0.15, 0.2) is 0 Å². The van der Waals surface area contributed by atoms with Crippen LogP contribution in [0.4, 0.5) is 10.5 Å². The highest BCUT2D eigenvalue weighted by atomic mass is 79.9. The van der Waals surface area contributed by atoms with Crippen LogP contribution in [0.2, 0.25) is 0 Å². The van der Waals surface area contributed by atoms with Gasteiger partial charge < -0.3 is 10.1 Å². The lowest BCUT2D eigenvalue weighted by Gasteiger charge is -2.15. The highest BCUT2D eigenvalue weighted by Crippen LogP contribution is 2.35. The molecule has 6 nitrogen and oxygen atoms in total. The molecule has 1 saturated heterocycles. The van der Waals surface area contributed by atoms with E-state index < -0.39 is 17.1 Å². The number of ether oxygens (including phenoxy) is 1. The first-order valence-corrected chi connectivity index (χ1v) is 11.1. The summed E-state index contributed by atoms with van der Waals surface area (Å²) in [5.41, 5.74) is 3.14. The summed E-state index contributed by atoms with van der Waals surface area (Å²) in [7, 11) is 0. The number of rotatable bonds is 7. The molecule has 1 heterocycles. The molecule has 1 fully saturated rings. The molecule has 0 spiro atoms. The SMILES string of the molecule is C=CCOc1ccc(Br)cc1/C=C1/SC(=O)N(CC(=O)Nc2c(C)cccc2C)C1=O. The molecule has 31 heavy (non-hydrogen) atoms. The number of hydrogen-bond donors (Lipinski definition) is 1. The van der Waals surface area contributed by atoms with E-state index >= 15 is 0 Å². The molecule has 0 aromatic heterocycles. The number of carbonyl (C=O) groups excluding carboxylic acids is 3. The van der Waals surface area contributed by atoms with Crippen LogP contribution in [0.25, 0.3) is 6.08 Å². The van der Waals surface area contributed by atoms with Crippen LogP contribution >= 0.6 is 27.7 Å². The number of para-hydroxylation sites is 1. The molecular weight excluding hydrogens is 480 g/mol. The first-order chi connectivity index (χ1) is 14.8. The number of amides is 3. The van der Waals surface area contributed by atoms with E-state index in [9.17, 15) is 14.4 Å². The Morgan fingerprint density at radius 2 is 1.94 bits per heavy atom. The Morgan fingerprint density at radius 3 is 2.61 bits per heavy atom. The number of hydrogen-bond acceptors (Lipinski definition) is 5. The molecule has 0 unspecified atom stereocenters. The van der Waals surface area contributed by atoms with Crippen LogP contribution < -0.4 is 10.1 Å². The molecule has 160 valence electrons. The monoisotopic (exact) mass is 500 g/mol. The minimum atomic E-state index is -0.513. The molecule has 2 aromatic carbocycles. The van der Waals surface area contributed by atoms with Crippen molar-refractivity contribution < 1.29 is 19.1 Å². The summed E-state index contributed by atoms with van der Waals surface area (Å²) in [4.78, 5) is 38.9. The van der Waals surface area contributed by atoms with Gasteiger partial charge in [0, 0.05) is 15.7 Å². The van der Waals surface area contributed by atoms with E-state index in [1.54, 1.807) is 24.3 Å². The van der Waals surface area contributed by atoms with Crippen molar-refractivity contribution in [3.63, 3.8) is 0 Å². The summed E-state index contributed by atoms with van der Waals surface area (Å²) in [5.74, 6) is -0.387. The molecule has 8 heteroatoms. The molecule has 2 aromatic rings. The minimum absolute atomic E-state index is 0.228.